The molecule has 4 nitrogen and oxygen atoms in total. The van der Waals surface area contributed by atoms with Crippen LogP contribution >= 0.6 is 11.8 Å². The minimum atomic E-state index is -0.642. The Bertz CT molecular complexity index is 472. The summed E-state index contributed by atoms with van der Waals surface area (Å²) in [6.45, 7) is 4.18. The second-order valence-corrected chi connectivity index (χ2v) is 7.08. The first kappa shape index (κ1) is 15.4. The molecule has 0 bridgehead atoms. The lowest BCUT2D eigenvalue weighted by Gasteiger charge is -2.33. The van der Waals surface area contributed by atoms with Crippen LogP contribution in [0.15, 0.2) is 11.1 Å². The summed E-state index contributed by atoms with van der Waals surface area (Å²) in [6.07, 6.45) is 5.29. The van der Waals surface area contributed by atoms with E-state index in [0.29, 0.717) is 5.92 Å². The Morgan fingerprint density at radius 3 is 2.85 bits per heavy atom. The molecule has 5 heteroatoms. The van der Waals surface area contributed by atoms with Crippen molar-refractivity contribution in [3.63, 3.8) is 0 Å². The Hall–Kier alpha value is -0.970. The third-order valence-corrected chi connectivity index (χ3v) is 5.59. The van der Waals surface area contributed by atoms with Crippen LogP contribution < -0.4 is 0 Å². The van der Waals surface area contributed by atoms with Crippen LogP contribution in [0, 0.1) is 18.8 Å². The third kappa shape index (κ3) is 3.57. The van der Waals surface area contributed by atoms with E-state index in [0.717, 1.165) is 30.0 Å². The molecule has 0 aliphatic heterocycles. The summed E-state index contributed by atoms with van der Waals surface area (Å²) in [4.78, 5) is 11.5. The van der Waals surface area contributed by atoms with Crippen LogP contribution in [0.5, 0.6) is 0 Å². The van der Waals surface area contributed by atoms with Gasteiger partial charge in [0.05, 0.1) is 16.6 Å². The van der Waals surface area contributed by atoms with E-state index in [1.165, 1.54) is 12.8 Å². The van der Waals surface area contributed by atoms with E-state index in [2.05, 4.69) is 12.0 Å². The Balaban J connectivity index is 2.10. The molecule has 1 N–H and O–H groups in total. The van der Waals surface area contributed by atoms with Gasteiger partial charge in [-0.3, -0.25) is 9.48 Å². The van der Waals surface area contributed by atoms with Gasteiger partial charge in [-0.15, -0.1) is 11.8 Å². The van der Waals surface area contributed by atoms with Gasteiger partial charge in [0.15, 0.2) is 0 Å². The third-order valence-electron chi connectivity index (χ3n) is 4.15. The second-order valence-electron chi connectivity index (χ2n) is 5.82. The molecule has 2 rings (SSSR count). The summed E-state index contributed by atoms with van der Waals surface area (Å²) in [5, 5.41) is 15.0. The normalized spacial score (nSPS) is 26.6. The number of thioether (sulfide) groups is 1. The molecule has 3 unspecified atom stereocenters. The van der Waals surface area contributed by atoms with Crippen LogP contribution in [0.1, 0.15) is 44.7 Å². The minimum absolute atomic E-state index is 0.174. The van der Waals surface area contributed by atoms with E-state index >= 15 is 0 Å². The topological polar surface area (TPSA) is 55.1 Å². The highest BCUT2D eigenvalue weighted by Gasteiger charge is 2.35. The number of carboxylic acid groups (broad SMARTS) is 1. The van der Waals surface area contributed by atoms with E-state index in [-0.39, 0.29) is 11.2 Å². The largest absolute Gasteiger partial charge is 0.481 e. The van der Waals surface area contributed by atoms with Crippen LogP contribution in [-0.4, -0.2) is 26.1 Å². The monoisotopic (exact) mass is 296 g/mol. The van der Waals surface area contributed by atoms with Crippen molar-refractivity contribution < 1.29 is 9.90 Å². The molecule has 1 aliphatic rings. The summed E-state index contributed by atoms with van der Waals surface area (Å²) >= 11 is 1.70. The smallest absolute Gasteiger partial charge is 0.307 e. The van der Waals surface area contributed by atoms with Crippen molar-refractivity contribution in [2.24, 2.45) is 18.9 Å². The highest BCUT2D eigenvalue weighted by atomic mass is 32.2. The first-order valence-electron chi connectivity index (χ1n) is 7.41. The van der Waals surface area contributed by atoms with E-state index in [1.54, 1.807) is 11.8 Å². The fourth-order valence-corrected chi connectivity index (χ4v) is 4.67. The van der Waals surface area contributed by atoms with Gasteiger partial charge in [-0.05, 0) is 38.2 Å². The predicted octanol–water partition coefficient (Wildman–Crippen LogP) is 3.49. The van der Waals surface area contributed by atoms with Gasteiger partial charge in [0.2, 0.25) is 0 Å². The maximum atomic E-state index is 11.5. The number of nitrogens with zero attached hydrogens (tertiary/aromatic N) is 2. The number of carboxylic acids is 1. The van der Waals surface area contributed by atoms with Gasteiger partial charge in [-0.25, -0.2) is 0 Å². The molecule has 20 heavy (non-hydrogen) atoms. The van der Waals surface area contributed by atoms with Gasteiger partial charge >= 0.3 is 5.97 Å². The molecule has 1 saturated carbocycles. The quantitative estimate of drug-likeness (QED) is 0.903. The van der Waals surface area contributed by atoms with Crippen molar-refractivity contribution in [1.29, 1.82) is 0 Å². The van der Waals surface area contributed by atoms with Crippen LogP contribution in [0.2, 0.25) is 0 Å². The van der Waals surface area contributed by atoms with E-state index in [4.69, 9.17) is 0 Å². The molecule has 1 fully saturated rings. The molecule has 0 aromatic carbocycles. The standard InChI is InChI=1S/C15H24N2O2S/c1-4-5-11-6-7-12(15(18)19)13(9-11)20-14-8-10(2)16-17(14)3/h8,11-13H,4-7,9H2,1-3H3,(H,18,19). The fourth-order valence-electron chi connectivity index (χ4n) is 3.15. The van der Waals surface area contributed by atoms with Gasteiger partial charge in [0.1, 0.15) is 0 Å². The molecular weight excluding hydrogens is 272 g/mol. The van der Waals surface area contributed by atoms with Crippen LogP contribution in [0.3, 0.4) is 0 Å². The number of rotatable bonds is 5. The average Bonchev–Trinajstić information content (AvgIpc) is 2.68. The van der Waals surface area contributed by atoms with Gasteiger partial charge in [0, 0.05) is 12.3 Å². The minimum Gasteiger partial charge on any atom is -0.481 e. The fraction of sp³-hybridized carbons (Fsp3) is 0.733. The molecule has 1 aromatic rings. The van der Waals surface area contributed by atoms with Gasteiger partial charge in [-0.1, -0.05) is 19.8 Å². The molecule has 0 saturated heterocycles. The number of aryl methyl sites for hydroxylation is 2. The molecule has 1 aliphatic carbocycles. The first-order chi connectivity index (χ1) is 9.51. The lowest BCUT2D eigenvalue weighted by Crippen LogP contribution is -2.33. The molecule has 0 spiro atoms. The molecular formula is C15H24N2O2S. The second kappa shape index (κ2) is 6.66. The molecule has 1 aromatic heterocycles. The highest BCUT2D eigenvalue weighted by Crippen LogP contribution is 2.41. The molecule has 112 valence electrons. The molecule has 1 heterocycles. The van der Waals surface area contributed by atoms with Crippen molar-refractivity contribution in [1.82, 2.24) is 9.78 Å². The van der Waals surface area contributed by atoms with Crippen molar-refractivity contribution in [2.45, 2.75) is 56.2 Å². The Morgan fingerprint density at radius 2 is 2.30 bits per heavy atom. The van der Waals surface area contributed by atoms with Crippen molar-refractivity contribution in [2.75, 3.05) is 0 Å². The van der Waals surface area contributed by atoms with E-state index < -0.39 is 5.97 Å². The number of hydrogen-bond donors (Lipinski definition) is 1. The van der Waals surface area contributed by atoms with Crippen molar-refractivity contribution >= 4 is 17.7 Å². The van der Waals surface area contributed by atoms with Crippen LogP contribution in [-0.2, 0) is 11.8 Å². The van der Waals surface area contributed by atoms with E-state index in [9.17, 15) is 9.90 Å². The average molecular weight is 296 g/mol. The van der Waals surface area contributed by atoms with Gasteiger partial charge < -0.3 is 5.11 Å². The zero-order valence-electron chi connectivity index (χ0n) is 12.5. The summed E-state index contributed by atoms with van der Waals surface area (Å²) in [6, 6.07) is 2.05. The summed E-state index contributed by atoms with van der Waals surface area (Å²) in [5.74, 6) is -0.179. The van der Waals surface area contributed by atoms with Crippen LogP contribution in [0.4, 0.5) is 0 Å². The maximum absolute atomic E-state index is 11.5. The number of aromatic nitrogens is 2. The molecule has 0 amide bonds. The lowest BCUT2D eigenvalue weighted by molar-refractivity contribution is -0.142. The molecule has 3 atom stereocenters. The number of carbonyl (C=O) groups is 1. The van der Waals surface area contributed by atoms with E-state index in [1.807, 2.05) is 24.7 Å². The Kier molecular flexibility index (Phi) is 5.13. The van der Waals surface area contributed by atoms with Gasteiger partial charge in [-0.2, -0.15) is 5.10 Å². The molecule has 0 radical (unpaired) electrons. The lowest BCUT2D eigenvalue weighted by atomic mass is 9.80. The Labute approximate surface area is 124 Å². The highest BCUT2D eigenvalue weighted by molar-refractivity contribution is 7.99. The van der Waals surface area contributed by atoms with Crippen LogP contribution in [0.25, 0.3) is 0 Å². The summed E-state index contributed by atoms with van der Waals surface area (Å²) < 4.78 is 1.86. The zero-order valence-corrected chi connectivity index (χ0v) is 13.3. The number of hydrogen-bond acceptors (Lipinski definition) is 3. The first-order valence-corrected chi connectivity index (χ1v) is 8.29. The summed E-state index contributed by atoms with van der Waals surface area (Å²) in [5.41, 5.74) is 0.989. The zero-order chi connectivity index (χ0) is 14.7. The summed E-state index contributed by atoms with van der Waals surface area (Å²) in [7, 11) is 1.93. The maximum Gasteiger partial charge on any atom is 0.307 e. The number of aliphatic carboxylic acids is 1. The predicted molar refractivity (Wildman–Crippen MR) is 81.0 cm³/mol. The van der Waals surface area contributed by atoms with Gasteiger partial charge in [0.25, 0.3) is 0 Å². The SMILES string of the molecule is CCCC1CCC(C(=O)O)C(Sc2cc(C)nn2C)C1. The van der Waals surface area contributed by atoms with Crippen molar-refractivity contribution in [3.05, 3.63) is 11.8 Å². The Morgan fingerprint density at radius 1 is 1.55 bits per heavy atom. The van der Waals surface area contributed by atoms with Crippen molar-refractivity contribution in [3.8, 4) is 0 Å².